The van der Waals surface area contributed by atoms with Crippen molar-refractivity contribution in [1.82, 2.24) is 5.32 Å². The Bertz CT molecular complexity index is 477. The summed E-state index contributed by atoms with van der Waals surface area (Å²) in [5.74, 6) is -1.22. The number of primary amides is 1. The van der Waals surface area contributed by atoms with E-state index in [1.807, 2.05) is 0 Å². The normalized spacial score (nSPS) is 10.3. The Morgan fingerprint density at radius 3 is 2.80 bits per heavy atom. The molecule has 0 fully saturated rings. The molecule has 1 aromatic rings. The number of amides is 1. The molecule has 0 radical (unpaired) electrons. The van der Waals surface area contributed by atoms with Gasteiger partial charge in [0.2, 0.25) is 5.91 Å². The average Bonchev–Trinajstić information content (AvgIpc) is 2.40. The molecule has 0 aliphatic carbocycles. The van der Waals surface area contributed by atoms with Gasteiger partial charge in [0.1, 0.15) is 5.82 Å². The zero-order valence-electron chi connectivity index (χ0n) is 11.4. The summed E-state index contributed by atoms with van der Waals surface area (Å²) >= 11 is 0. The Morgan fingerprint density at radius 2 is 2.15 bits per heavy atom. The summed E-state index contributed by atoms with van der Waals surface area (Å²) in [6, 6.07) is 3.99. The minimum absolute atomic E-state index is 0.240. The summed E-state index contributed by atoms with van der Waals surface area (Å²) in [5, 5.41) is 3.01. The number of benzene rings is 1. The van der Waals surface area contributed by atoms with E-state index < -0.39 is 11.7 Å². The van der Waals surface area contributed by atoms with Gasteiger partial charge in [-0.1, -0.05) is 0 Å². The van der Waals surface area contributed by atoms with Crippen molar-refractivity contribution in [3.05, 3.63) is 35.1 Å². The van der Waals surface area contributed by atoms with Crippen LogP contribution in [0.25, 0.3) is 0 Å². The van der Waals surface area contributed by atoms with Gasteiger partial charge in [0.15, 0.2) is 0 Å². The van der Waals surface area contributed by atoms with Crippen molar-refractivity contribution in [2.24, 2.45) is 5.73 Å². The molecule has 0 saturated carbocycles. The van der Waals surface area contributed by atoms with Crippen LogP contribution in [0.2, 0.25) is 0 Å². The molecule has 0 spiro atoms. The lowest BCUT2D eigenvalue weighted by molar-refractivity contribution is -0.143. The molecule has 5 nitrogen and oxygen atoms in total. The number of carbonyl (C=O) groups is 2. The molecule has 20 heavy (non-hydrogen) atoms. The third-order valence-electron chi connectivity index (χ3n) is 2.69. The molecular weight excluding hydrogens is 263 g/mol. The van der Waals surface area contributed by atoms with Crippen LogP contribution in [0.15, 0.2) is 18.2 Å². The van der Waals surface area contributed by atoms with E-state index in [9.17, 15) is 14.0 Å². The number of hydrogen-bond donors (Lipinski definition) is 2. The van der Waals surface area contributed by atoms with E-state index in [4.69, 9.17) is 10.5 Å². The molecular formula is C14H19FN2O3. The third-order valence-corrected chi connectivity index (χ3v) is 2.69. The molecule has 1 aromatic carbocycles. The summed E-state index contributed by atoms with van der Waals surface area (Å²) in [6.07, 6.45) is 0.931. The minimum Gasteiger partial charge on any atom is -0.466 e. The monoisotopic (exact) mass is 282 g/mol. The maximum atomic E-state index is 13.5. The van der Waals surface area contributed by atoms with Gasteiger partial charge in [-0.3, -0.25) is 9.59 Å². The molecule has 110 valence electrons. The minimum atomic E-state index is -0.589. The summed E-state index contributed by atoms with van der Waals surface area (Å²) in [7, 11) is 0. The molecule has 6 heteroatoms. The van der Waals surface area contributed by atoms with Gasteiger partial charge in [0.05, 0.1) is 6.61 Å². The van der Waals surface area contributed by atoms with E-state index in [1.165, 1.54) is 18.2 Å². The zero-order chi connectivity index (χ0) is 15.0. The average molecular weight is 282 g/mol. The van der Waals surface area contributed by atoms with Crippen molar-refractivity contribution in [2.75, 3.05) is 13.2 Å². The molecule has 0 aliphatic heterocycles. The molecule has 0 aromatic heterocycles. The van der Waals surface area contributed by atoms with E-state index >= 15 is 0 Å². The van der Waals surface area contributed by atoms with E-state index in [0.29, 0.717) is 31.6 Å². The first-order valence-corrected chi connectivity index (χ1v) is 6.49. The van der Waals surface area contributed by atoms with Crippen LogP contribution in [0, 0.1) is 5.82 Å². The lowest BCUT2D eigenvalue weighted by Gasteiger charge is -2.07. The highest BCUT2D eigenvalue weighted by Crippen LogP contribution is 2.10. The number of nitrogens with two attached hydrogens (primary N) is 1. The van der Waals surface area contributed by atoms with Gasteiger partial charge in [0.25, 0.3) is 0 Å². The van der Waals surface area contributed by atoms with Crippen molar-refractivity contribution < 1.29 is 18.7 Å². The standard InChI is InChI=1S/C14H19FN2O3/c1-2-20-13(18)4-3-7-17-9-11-8-10(14(16)19)5-6-12(11)15/h5-6,8,17H,2-4,7,9H2,1H3,(H2,16,19). The highest BCUT2D eigenvalue weighted by Gasteiger charge is 2.07. The summed E-state index contributed by atoms with van der Waals surface area (Å²) in [5.41, 5.74) is 5.78. The van der Waals surface area contributed by atoms with Crippen molar-refractivity contribution in [1.29, 1.82) is 0 Å². The quantitative estimate of drug-likeness (QED) is 0.557. The Morgan fingerprint density at radius 1 is 1.40 bits per heavy atom. The fourth-order valence-corrected chi connectivity index (χ4v) is 1.68. The second-order valence-electron chi connectivity index (χ2n) is 4.26. The largest absolute Gasteiger partial charge is 0.466 e. The second-order valence-corrected chi connectivity index (χ2v) is 4.26. The lowest BCUT2D eigenvalue weighted by Crippen LogP contribution is -2.18. The topological polar surface area (TPSA) is 81.4 Å². The molecule has 1 rings (SSSR count). The lowest BCUT2D eigenvalue weighted by atomic mass is 10.1. The maximum Gasteiger partial charge on any atom is 0.305 e. The molecule has 1 amide bonds. The Labute approximate surface area is 117 Å². The molecule has 0 atom stereocenters. The number of rotatable bonds is 8. The smallest absolute Gasteiger partial charge is 0.305 e. The number of carbonyl (C=O) groups excluding carboxylic acids is 2. The number of nitrogens with one attached hydrogen (secondary N) is 1. The molecule has 0 unspecified atom stereocenters. The summed E-state index contributed by atoms with van der Waals surface area (Å²) in [6.45, 7) is 2.96. The molecule has 3 N–H and O–H groups in total. The summed E-state index contributed by atoms with van der Waals surface area (Å²) < 4.78 is 18.3. The van der Waals surface area contributed by atoms with Gasteiger partial charge in [-0.05, 0) is 38.1 Å². The van der Waals surface area contributed by atoms with Gasteiger partial charge >= 0.3 is 5.97 Å². The molecule has 0 heterocycles. The number of ether oxygens (including phenoxy) is 1. The molecule has 0 saturated heterocycles. The van der Waals surface area contributed by atoms with E-state index in [2.05, 4.69) is 5.32 Å². The number of halogens is 1. The first kappa shape index (κ1) is 16.1. The Kier molecular flexibility index (Phi) is 6.66. The Balaban J connectivity index is 2.36. The number of hydrogen-bond acceptors (Lipinski definition) is 4. The van der Waals surface area contributed by atoms with Crippen molar-refractivity contribution in [2.45, 2.75) is 26.3 Å². The zero-order valence-corrected chi connectivity index (χ0v) is 11.4. The van der Waals surface area contributed by atoms with Crippen LogP contribution in [-0.4, -0.2) is 25.0 Å². The van der Waals surface area contributed by atoms with Crippen LogP contribution >= 0.6 is 0 Å². The van der Waals surface area contributed by atoms with Gasteiger partial charge in [-0.2, -0.15) is 0 Å². The van der Waals surface area contributed by atoms with Gasteiger partial charge in [0, 0.05) is 24.1 Å². The predicted octanol–water partition coefficient (Wildman–Crippen LogP) is 1.36. The third kappa shape index (κ3) is 5.36. The molecule has 0 aliphatic rings. The predicted molar refractivity (Wildman–Crippen MR) is 72.5 cm³/mol. The van der Waals surface area contributed by atoms with Crippen molar-refractivity contribution in [3.8, 4) is 0 Å². The van der Waals surface area contributed by atoms with Gasteiger partial charge in [-0.15, -0.1) is 0 Å². The molecule has 0 bridgehead atoms. The maximum absolute atomic E-state index is 13.5. The van der Waals surface area contributed by atoms with E-state index in [1.54, 1.807) is 6.92 Å². The highest BCUT2D eigenvalue weighted by atomic mass is 19.1. The first-order valence-electron chi connectivity index (χ1n) is 6.49. The summed E-state index contributed by atoms with van der Waals surface area (Å²) in [4.78, 5) is 22.1. The van der Waals surface area contributed by atoms with Gasteiger partial charge < -0.3 is 15.8 Å². The highest BCUT2D eigenvalue weighted by molar-refractivity contribution is 5.92. The van der Waals surface area contributed by atoms with Gasteiger partial charge in [-0.25, -0.2) is 4.39 Å². The first-order chi connectivity index (χ1) is 9.54. The van der Waals surface area contributed by atoms with Crippen LogP contribution in [0.4, 0.5) is 4.39 Å². The number of esters is 1. The van der Waals surface area contributed by atoms with E-state index in [-0.39, 0.29) is 18.1 Å². The van der Waals surface area contributed by atoms with Crippen LogP contribution in [0.3, 0.4) is 0 Å². The van der Waals surface area contributed by atoms with Crippen molar-refractivity contribution >= 4 is 11.9 Å². The van der Waals surface area contributed by atoms with Crippen LogP contribution in [0.5, 0.6) is 0 Å². The fourth-order valence-electron chi connectivity index (χ4n) is 1.68. The van der Waals surface area contributed by atoms with Crippen LogP contribution < -0.4 is 11.1 Å². The Hall–Kier alpha value is -1.95. The van der Waals surface area contributed by atoms with Crippen LogP contribution in [-0.2, 0) is 16.1 Å². The second kappa shape index (κ2) is 8.27. The van der Waals surface area contributed by atoms with Crippen LogP contribution in [0.1, 0.15) is 35.7 Å². The van der Waals surface area contributed by atoms with Crippen molar-refractivity contribution in [3.63, 3.8) is 0 Å². The fraction of sp³-hybridized carbons (Fsp3) is 0.429. The van der Waals surface area contributed by atoms with E-state index in [0.717, 1.165) is 0 Å². The SMILES string of the molecule is CCOC(=O)CCCNCc1cc(C(N)=O)ccc1F.